The lowest BCUT2D eigenvalue weighted by atomic mass is 10.2. The largest absolute Gasteiger partial charge is 0.494 e. The highest BCUT2D eigenvalue weighted by Gasteiger charge is 2.11. The fourth-order valence-electron chi connectivity index (χ4n) is 2.05. The average Bonchev–Trinajstić information content (AvgIpc) is 2.52. The van der Waals surface area contributed by atoms with Crippen LogP contribution in [0.5, 0.6) is 11.5 Å². The molecule has 0 unspecified atom stereocenters. The van der Waals surface area contributed by atoms with Crippen molar-refractivity contribution in [2.45, 2.75) is 0 Å². The topological polar surface area (TPSA) is 90.3 Å². The van der Waals surface area contributed by atoms with Crippen molar-refractivity contribution in [1.82, 2.24) is 0 Å². The van der Waals surface area contributed by atoms with E-state index >= 15 is 0 Å². The molecule has 23 heavy (non-hydrogen) atoms. The van der Waals surface area contributed by atoms with Crippen LogP contribution in [0, 0.1) is 5.82 Å². The minimum Gasteiger partial charge on any atom is -0.494 e. The van der Waals surface area contributed by atoms with Gasteiger partial charge in [-0.2, -0.15) is 0 Å². The zero-order chi connectivity index (χ0) is 17.0. The third kappa shape index (κ3) is 3.95. The molecule has 0 aliphatic rings. The summed E-state index contributed by atoms with van der Waals surface area (Å²) in [6.07, 6.45) is 0. The van der Waals surface area contributed by atoms with Crippen molar-refractivity contribution in [3.8, 4) is 11.5 Å². The molecule has 0 saturated heterocycles. The number of quaternary nitrogens is 1. The molecule has 6 N–H and O–H groups in total. The molecule has 0 aliphatic heterocycles. The van der Waals surface area contributed by atoms with E-state index in [-0.39, 0.29) is 12.4 Å². The van der Waals surface area contributed by atoms with Gasteiger partial charge in [-0.3, -0.25) is 5.32 Å². The first-order chi connectivity index (χ1) is 10.9. The smallest absolute Gasteiger partial charge is 0.225 e. The molecule has 2 aromatic rings. The van der Waals surface area contributed by atoms with Crippen molar-refractivity contribution in [1.29, 1.82) is 0 Å². The maximum atomic E-state index is 13.7. The predicted molar refractivity (Wildman–Crippen MR) is 89.6 cm³/mol. The number of hydrogen-bond acceptors (Lipinski definition) is 5. The second-order valence-electron chi connectivity index (χ2n) is 5.25. The third-order valence-corrected chi connectivity index (χ3v) is 3.41. The molecule has 0 saturated carbocycles. The molecular formula is C16H22FN4O2+. The van der Waals surface area contributed by atoms with E-state index in [2.05, 4.69) is 0 Å². The van der Waals surface area contributed by atoms with Crippen molar-refractivity contribution >= 4 is 22.7 Å². The fraction of sp³-hybridized carbons (Fsp3) is 0.250. The molecule has 2 aromatic carbocycles. The minimum absolute atomic E-state index is 0.00602. The lowest BCUT2D eigenvalue weighted by molar-refractivity contribution is -0.601. The number of rotatable bonds is 6. The van der Waals surface area contributed by atoms with E-state index in [1.165, 1.54) is 13.2 Å². The summed E-state index contributed by atoms with van der Waals surface area (Å²) in [6, 6.07) is 8.54. The van der Waals surface area contributed by atoms with Crippen molar-refractivity contribution in [2.24, 2.45) is 0 Å². The van der Waals surface area contributed by atoms with E-state index in [1.807, 2.05) is 31.1 Å². The van der Waals surface area contributed by atoms with Gasteiger partial charge in [0.25, 0.3) is 0 Å². The monoisotopic (exact) mass is 321 g/mol. The van der Waals surface area contributed by atoms with Crippen LogP contribution in [0.15, 0.2) is 30.3 Å². The summed E-state index contributed by atoms with van der Waals surface area (Å²) in [5, 5.41) is 1.73. The zero-order valence-electron chi connectivity index (χ0n) is 13.5. The van der Waals surface area contributed by atoms with Crippen LogP contribution < -0.4 is 31.2 Å². The van der Waals surface area contributed by atoms with Gasteiger partial charge in [0.05, 0.1) is 12.8 Å². The Balaban J connectivity index is 2.05. The van der Waals surface area contributed by atoms with Gasteiger partial charge in [0, 0.05) is 38.0 Å². The maximum Gasteiger partial charge on any atom is 0.225 e. The van der Waals surface area contributed by atoms with Gasteiger partial charge >= 0.3 is 0 Å². The van der Waals surface area contributed by atoms with Crippen molar-refractivity contribution in [3.63, 3.8) is 0 Å². The number of methoxy groups -OCH3 is 1. The van der Waals surface area contributed by atoms with Gasteiger partial charge in [0.15, 0.2) is 17.3 Å². The van der Waals surface area contributed by atoms with E-state index in [0.29, 0.717) is 22.9 Å². The van der Waals surface area contributed by atoms with Crippen molar-refractivity contribution in [2.75, 3.05) is 44.3 Å². The molecule has 6 nitrogen and oxygen atoms in total. The van der Waals surface area contributed by atoms with E-state index in [1.54, 1.807) is 17.4 Å². The van der Waals surface area contributed by atoms with Gasteiger partial charge in [0.1, 0.15) is 11.4 Å². The molecular weight excluding hydrogens is 299 g/mol. The van der Waals surface area contributed by atoms with E-state index in [9.17, 15) is 4.39 Å². The summed E-state index contributed by atoms with van der Waals surface area (Å²) in [7, 11) is 5.31. The van der Waals surface area contributed by atoms with E-state index < -0.39 is 5.82 Å². The van der Waals surface area contributed by atoms with Gasteiger partial charge in [-0.05, 0) is 12.1 Å². The Morgan fingerprint density at radius 2 is 1.87 bits per heavy atom. The first-order valence-electron chi connectivity index (χ1n) is 7.08. The van der Waals surface area contributed by atoms with Crippen LogP contribution in [0.4, 0.5) is 27.1 Å². The molecule has 0 fully saturated rings. The molecule has 2 rings (SSSR count). The highest BCUT2D eigenvalue weighted by molar-refractivity contribution is 5.62. The number of ether oxygens (including phenoxy) is 2. The van der Waals surface area contributed by atoms with E-state index in [4.69, 9.17) is 20.9 Å². The van der Waals surface area contributed by atoms with Crippen LogP contribution in [0.3, 0.4) is 0 Å². The van der Waals surface area contributed by atoms with Crippen LogP contribution in [-0.2, 0) is 0 Å². The van der Waals surface area contributed by atoms with Gasteiger partial charge in [-0.1, -0.05) is 0 Å². The molecule has 7 heteroatoms. The van der Waals surface area contributed by atoms with Crippen molar-refractivity contribution < 1.29 is 19.2 Å². The Morgan fingerprint density at radius 3 is 2.52 bits per heavy atom. The Hall–Kier alpha value is -2.67. The second-order valence-corrected chi connectivity index (χ2v) is 5.25. The summed E-state index contributed by atoms with van der Waals surface area (Å²) in [6.45, 7) is 0.244. The fourth-order valence-corrected chi connectivity index (χ4v) is 2.05. The summed E-state index contributed by atoms with van der Waals surface area (Å²) in [5.41, 5.74) is 13.6. The Morgan fingerprint density at radius 1 is 1.13 bits per heavy atom. The highest BCUT2D eigenvalue weighted by atomic mass is 19.1. The number of benzene rings is 2. The number of nitrogen functional groups attached to an aromatic ring is 2. The average molecular weight is 321 g/mol. The molecule has 0 aromatic heterocycles. The lowest BCUT2D eigenvalue weighted by Crippen LogP contribution is -2.79. The molecule has 124 valence electrons. The first-order valence-corrected chi connectivity index (χ1v) is 7.08. The summed E-state index contributed by atoms with van der Waals surface area (Å²) >= 11 is 0. The molecule has 0 radical (unpaired) electrons. The van der Waals surface area contributed by atoms with E-state index in [0.717, 1.165) is 5.69 Å². The molecule has 0 amide bonds. The molecule has 0 bridgehead atoms. The normalized spacial score (nSPS) is 10.4. The number of nitrogens with two attached hydrogens (primary N) is 3. The van der Waals surface area contributed by atoms with Crippen LogP contribution in [0.25, 0.3) is 0 Å². The minimum atomic E-state index is -0.523. The van der Waals surface area contributed by atoms with Gasteiger partial charge in [-0.25, -0.2) is 4.39 Å². The Labute approximate surface area is 134 Å². The second kappa shape index (κ2) is 7.06. The van der Waals surface area contributed by atoms with Gasteiger partial charge < -0.3 is 25.8 Å². The van der Waals surface area contributed by atoms with Crippen LogP contribution >= 0.6 is 0 Å². The van der Waals surface area contributed by atoms with Crippen LogP contribution in [0.2, 0.25) is 0 Å². The quantitative estimate of drug-likeness (QED) is 0.551. The highest BCUT2D eigenvalue weighted by Crippen LogP contribution is 2.27. The molecule has 0 atom stereocenters. The standard InChI is InChI=1S/C16H21FN4O2/c1-21(2)11-4-5-13(18)14(8-11)23-9-20-10-6-12(17)16(19)15(7-10)22-3/h4-8,20H,9,18-19H2,1-3H3/p+1. The summed E-state index contributed by atoms with van der Waals surface area (Å²) < 4.78 is 24.4. The Kier molecular flexibility index (Phi) is 5.13. The SMILES string of the molecule is COc1cc([NH2+]COc2cc(N(C)C)ccc2N)cc(F)c1N. The summed E-state index contributed by atoms with van der Waals surface area (Å²) in [4.78, 5) is 1.95. The van der Waals surface area contributed by atoms with Crippen molar-refractivity contribution in [3.05, 3.63) is 36.1 Å². The van der Waals surface area contributed by atoms with Crippen LogP contribution in [0.1, 0.15) is 0 Å². The third-order valence-electron chi connectivity index (χ3n) is 3.41. The predicted octanol–water partition coefficient (Wildman–Crippen LogP) is 1.30. The maximum absolute atomic E-state index is 13.7. The lowest BCUT2D eigenvalue weighted by Gasteiger charge is -2.15. The van der Waals surface area contributed by atoms with Gasteiger partial charge in [-0.15, -0.1) is 0 Å². The van der Waals surface area contributed by atoms with Crippen LogP contribution in [-0.4, -0.2) is 27.9 Å². The molecule has 0 aliphatic carbocycles. The molecule has 0 heterocycles. The number of halogens is 1. The number of nitrogens with zero attached hydrogens (tertiary/aromatic N) is 1. The summed E-state index contributed by atoms with van der Waals surface area (Å²) in [5.74, 6) is 0.352. The zero-order valence-corrected chi connectivity index (χ0v) is 13.5. The first kappa shape index (κ1) is 16.7. The Bertz CT molecular complexity index is 692. The molecule has 0 spiro atoms. The van der Waals surface area contributed by atoms with Gasteiger partial charge in [0.2, 0.25) is 6.73 Å². The number of hydrogen-bond donors (Lipinski definition) is 3. The number of anilines is 3.